The molecule has 4 aliphatic rings. The number of nitrogens with zero attached hydrogens (tertiary/aromatic N) is 3. The SMILES string of the molecule is CC.CCCCC/C=C\C1CC1C(=O)NS(=O)(=O)C1(C2CC(C)c3csc(n3)-c3cc4c(C)c(ccc4c(Cl)n3)O2)CC1.CCNc1cccc(F)c1.CNC(=O)C1CCCN1C=O. The number of carbonyl (C=O) groups is 3. The molecule has 3 fully saturated rings. The summed E-state index contributed by atoms with van der Waals surface area (Å²) in [6.07, 6.45) is 12.5. The maximum Gasteiger partial charge on any atom is 0.244 e. The van der Waals surface area contributed by atoms with E-state index in [2.05, 4.69) is 39.4 Å². The Hall–Kier alpha value is -4.60. The number of anilines is 1. The van der Waals surface area contributed by atoms with Gasteiger partial charge in [-0.05, 0) is 118 Å². The average Bonchev–Trinajstić information content (AvgIpc) is 4.15. The second kappa shape index (κ2) is 23.0. The number of ether oxygens (including phenoxy) is 1. The van der Waals surface area contributed by atoms with Crippen molar-refractivity contribution >= 4 is 67.6 Å². The molecule has 2 aliphatic carbocycles. The Morgan fingerprint density at radius 3 is 2.50 bits per heavy atom. The van der Waals surface area contributed by atoms with Crippen LogP contribution in [0.2, 0.25) is 5.15 Å². The van der Waals surface area contributed by atoms with Crippen LogP contribution in [-0.4, -0.2) is 78.5 Å². The predicted octanol–water partition coefficient (Wildman–Crippen LogP) is 9.96. The number of rotatable bonds is 13. The van der Waals surface area contributed by atoms with Crippen LogP contribution in [0.3, 0.4) is 0 Å². The van der Waals surface area contributed by atoms with Gasteiger partial charge >= 0.3 is 0 Å². The van der Waals surface area contributed by atoms with E-state index in [-0.39, 0.29) is 35.5 Å². The van der Waals surface area contributed by atoms with Gasteiger partial charge in [0.15, 0.2) is 0 Å². The van der Waals surface area contributed by atoms with Gasteiger partial charge < -0.3 is 20.3 Å². The third-order valence-electron chi connectivity index (χ3n) is 12.1. The third kappa shape index (κ3) is 12.2. The van der Waals surface area contributed by atoms with Crippen molar-refractivity contribution in [3.63, 3.8) is 0 Å². The fourth-order valence-electron chi connectivity index (χ4n) is 8.12. The van der Waals surface area contributed by atoms with Crippen molar-refractivity contribution in [2.75, 3.05) is 25.5 Å². The van der Waals surface area contributed by atoms with Gasteiger partial charge in [0.2, 0.25) is 28.2 Å². The van der Waals surface area contributed by atoms with Crippen LogP contribution in [0.1, 0.15) is 116 Å². The van der Waals surface area contributed by atoms with Gasteiger partial charge in [-0.15, -0.1) is 11.3 Å². The van der Waals surface area contributed by atoms with Crippen LogP contribution in [0.15, 0.2) is 60.0 Å². The van der Waals surface area contributed by atoms with Gasteiger partial charge in [0.05, 0.1) is 5.69 Å². The summed E-state index contributed by atoms with van der Waals surface area (Å²) in [5.74, 6) is -0.286. The molecule has 64 heavy (non-hydrogen) atoms. The molecule has 348 valence electrons. The van der Waals surface area contributed by atoms with Gasteiger partial charge in [-0.25, -0.2) is 22.8 Å². The number of fused-ring (bicyclic) bond motifs is 5. The molecular weight excluding hydrogens is 875 g/mol. The molecule has 8 rings (SSSR count). The van der Waals surface area contributed by atoms with Crippen LogP contribution >= 0.6 is 22.9 Å². The summed E-state index contributed by atoms with van der Waals surface area (Å²) >= 11 is 8.07. The third-order valence-corrected chi connectivity index (χ3v) is 15.5. The molecule has 12 nitrogen and oxygen atoms in total. The smallest absolute Gasteiger partial charge is 0.244 e. The van der Waals surface area contributed by atoms with Crippen molar-refractivity contribution < 1.29 is 31.9 Å². The molecule has 4 aromatic rings. The highest BCUT2D eigenvalue weighted by Crippen LogP contribution is 2.51. The first-order valence-corrected chi connectivity index (χ1v) is 25.4. The van der Waals surface area contributed by atoms with Crippen molar-refractivity contribution in [2.24, 2.45) is 11.8 Å². The molecule has 0 spiro atoms. The van der Waals surface area contributed by atoms with Gasteiger partial charge in [0, 0.05) is 48.4 Å². The van der Waals surface area contributed by atoms with Crippen LogP contribution in [-0.2, 0) is 24.4 Å². The summed E-state index contributed by atoms with van der Waals surface area (Å²) in [5.41, 5.74) is 3.28. The molecule has 16 heteroatoms. The number of benzene rings is 2. The summed E-state index contributed by atoms with van der Waals surface area (Å²) in [6, 6.07) is 11.9. The molecule has 4 heterocycles. The number of likely N-dealkylation sites (tertiary alicyclic amines) is 1. The monoisotopic (exact) mass is 938 g/mol. The Balaban J connectivity index is 0.000000273. The number of nitrogens with one attached hydrogen (secondary N) is 3. The molecule has 2 saturated carbocycles. The normalized spacial score (nSPS) is 21.4. The molecule has 5 bridgehead atoms. The number of amides is 3. The van der Waals surface area contributed by atoms with Crippen molar-refractivity contribution in [3.05, 3.63) is 82.2 Å². The summed E-state index contributed by atoms with van der Waals surface area (Å²) in [5, 5.41) is 10.4. The number of hydrogen-bond donors (Lipinski definition) is 3. The second-order valence-electron chi connectivity index (χ2n) is 16.5. The van der Waals surface area contributed by atoms with E-state index < -0.39 is 26.8 Å². The number of pyridine rings is 1. The molecule has 2 aromatic heterocycles. The van der Waals surface area contributed by atoms with Crippen LogP contribution in [0.4, 0.5) is 10.1 Å². The first kappa shape index (κ1) is 50.4. The molecule has 2 aliphatic heterocycles. The Morgan fingerprint density at radius 2 is 1.83 bits per heavy atom. The fraction of sp³-hybridized carbons (Fsp3) is 0.521. The zero-order valence-electron chi connectivity index (χ0n) is 38.1. The Kier molecular flexibility index (Phi) is 18.1. The van der Waals surface area contributed by atoms with E-state index in [0.717, 1.165) is 71.4 Å². The number of unbranched alkanes of at least 4 members (excludes halogenated alkanes) is 3. The highest BCUT2D eigenvalue weighted by atomic mass is 35.5. The summed E-state index contributed by atoms with van der Waals surface area (Å²) in [6.45, 7) is 13.7. The first-order valence-electron chi connectivity index (χ1n) is 22.6. The van der Waals surface area contributed by atoms with E-state index in [9.17, 15) is 27.2 Å². The minimum Gasteiger partial charge on any atom is -0.488 e. The lowest BCUT2D eigenvalue weighted by molar-refractivity contribution is -0.130. The maximum atomic E-state index is 13.9. The van der Waals surface area contributed by atoms with Crippen molar-refractivity contribution in [1.29, 1.82) is 0 Å². The number of halogens is 2. The van der Waals surface area contributed by atoms with Gasteiger partial charge in [-0.1, -0.05) is 70.4 Å². The van der Waals surface area contributed by atoms with Gasteiger partial charge in [0.25, 0.3) is 0 Å². The maximum absolute atomic E-state index is 13.9. The topological polar surface area (TPSA) is 160 Å². The second-order valence-corrected chi connectivity index (χ2v) is 19.8. The average molecular weight is 940 g/mol. The van der Waals surface area contributed by atoms with E-state index in [4.69, 9.17) is 21.3 Å². The van der Waals surface area contributed by atoms with Gasteiger partial charge in [0.1, 0.15) is 44.3 Å². The van der Waals surface area contributed by atoms with E-state index in [1.165, 1.54) is 36.3 Å². The number of allylic oxidation sites excluding steroid dienone is 2. The molecule has 2 aromatic carbocycles. The lowest BCUT2D eigenvalue weighted by atomic mass is 9.97. The van der Waals surface area contributed by atoms with Gasteiger partial charge in [-0.2, -0.15) is 0 Å². The van der Waals surface area contributed by atoms with E-state index in [1.807, 2.05) is 64.3 Å². The summed E-state index contributed by atoms with van der Waals surface area (Å²) in [4.78, 5) is 45.5. The highest BCUT2D eigenvalue weighted by molar-refractivity contribution is 7.91. The number of sulfonamides is 1. The summed E-state index contributed by atoms with van der Waals surface area (Å²) < 4.78 is 48.1. The van der Waals surface area contributed by atoms with Gasteiger partial charge in [-0.3, -0.25) is 19.1 Å². The molecule has 1 saturated heterocycles. The molecule has 3 N–H and O–H groups in total. The largest absolute Gasteiger partial charge is 0.488 e. The fourth-order valence-corrected chi connectivity index (χ4v) is 11.0. The van der Waals surface area contributed by atoms with Crippen LogP contribution < -0.4 is 20.1 Å². The Bertz CT molecular complexity index is 2370. The predicted molar refractivity (Wildman–Crippen MR) is 256 cm³/mol. The zero-order valence-corrected chi connectivity index (χ0v) is 40.5. The molecule has 5 atom stereocenters. The first-order chi connectivity index (χ1) is 30.7. The van der Waals surface area contributed by atoms with E-state index in [1.54, 1.807) is 18.0 Å². The molecule has 3 amide bonds. The van der Waals surface area contributed by atoms with E-state index >= 15 is 0 Å². The lowest BCUT2D eigenvalue weighted by Crippen LogP contribution is -2.49. The molecule has 0 radical (unpaired) electrons. The van der Waals surface area contributed by atoms with E-state index in [0.29, 0.717) is 48.8 Å². The lowest BCUT2D eigenvalue weighted by Gasteiger charge is -2.30. The van der Waals surface area contributed by atoms with Crippen LogP contribution in [0, 0.1) is 24.6 Å². The molecule has 5 unspecified atom stereocenters. The number of thiazole rings is 1. The number of aryl methyl sites for hydroxylation is 1. The Morgan fingerprint density at radius 1 is 1.06 bits per heavy atom. The van der Waals surface area contributed by atoms with Crippen LogP contribution in [0.25, 0.3) is 21.5 Å². The summed E-state index contributed by atoms with van der Waals surface area (Å²) in [7, 11) is -2.41. The number of hydrogen-bond acceptors (Lipinski definition) is 10. The van der Waals surface area contributed by atoms with Crippen molar-refractivity contribution in [1.82, 2.24) is 24.9 Å². The van der Waals surface area contributed by atoms with Crippen molar-refractivity contribution in [2.45, 2.75) is 129 Å². The highest BCUT2D eigenvalue weighted by Gasteiger charge is 2.63. The Labute approximate surface area is 387 Å². The van der Waals surface area contributed by atoms with Crippen LogP contribution in [0.5, 0.6) is 5.75 Å². The molecular formula is C48H64ClFN6O6S2. The number of aromatic nitrogens is 2. The number of carbonyl (C=O) groups excluding carboxylic acids is 3. The minimum atomic E-state index is -3.99. The number of likely N-dealkylation sites (N-methyl/N-ethyl adjacent to an activating group) is 1. The minimum absolute atomic E-state index is 0.0606. The zero-order chi connectivity index (χ0) is 46.6. The van der Waals surface area contributed by atoms with Crippen molar-refractivity contribution in [3.8, 4) is 16.5 Å². The quantitative estimate of drug-likeness (QED) is 0.0513. The standard InChI is InChI=1S/C31H36ClN3O4S2.C8H10FN.C7H12N2O2.C2H6/c1-4-5-6-7-8-9-20-15-23(20)29(36)35-41(37,38)31(12-13-31)27-14-18(2)25-17-40-30(34-25)24-16-22-19(3)26(39-27)11-10-21(22)28(32)33-24;1-2-10-8-5-3-4-7(9)6-8;1-8-7(11)6-3-2-4-9(6)5-10;1-2/h8-11,16-18,20,23,27H,4-7,12-15H2,1-3H3,(H,35,36);3-6,10H,2H2,1H3;5-6H,2-4H2,1H3,(H,8,11);1-2H3/b9-8-;;;.